The van der Waals surface area contributed by atoms with Gasteiger partial charge in [-0.2, -0.15) is 0 Å². The maximum Gasteiger partial charge on any atom is 0.340 e. The highest BCUT2D eigenvalue weighted by molar-refractivity contribution is 6.04. The minimum atomic E-state index is -0.521. The Balaban J connectivity index is 1.38. The Morgan fingerprint density at radius 3 is 2.36 bits per heavy atom. The Bertz CT molecular complexity index is 1130. The summed E-state index contributed by atoms with van der Waals surface area (Å²) in [7, 11) is 0. The largest absolute Gasteiger partial charge is 0.466 e. The van der Waals surface area contributed by atoms with E-state index in [-0.39, 0.29) is 24.4 Å². The van der Waals surface area contributed by atoms with Gasteiger partial charge in [0.15, 0.2) is 6.61 Å². The highest BCUT2D eigenvalue weighted by atomic mass is 16.5. The second-order valence-corrected chi connectivity index (χ2v) is 8.16. The summed E-state index contributed by atoms with van der Waals surface area (Å²) in [6.07, 6.45) is 2.91. The molecule has 1 aliphatic heterocycles. The maximum atomic E-state index is 12.9. The van der Waals surface area contributed by atoms with E-state index in [0.717, 1.165) is 16.5 Å². The lowest BCUT2D eigenvalue weighted by atomic mass is 9.97. The first-order valence-electron chi connectivity index (χ1n) is 11.3. The molecule has 0 atom stereocenters. The fraction of sp³-hybridized carbons (Fsp3) is 0.346. The molecule has 0 aliphatic carbocycles. The molecule has 1 amide bonds. The number of amides is 1. The number of carbonyl (C=O) groups excluding carboxylic acids is 3. The summed E-state index contributed by atoms with van der Waals surface area (Å²) in [4.78, 5) is 38.9. The van der Waals surface area contributed by atoms with E-state index in [0.29, 0.717) is 44.6 Å². The lowest BCUT2D eigenvalue weighted by Gasteiger charge is -2.30. The molecule has 1 fully saturated rings. The van der Waals surface area contributed by atoms with Gasteiger partial charge in [0.25, 0.3) is 5.91 Å². The quantitative estimate of drug-likeness (QED) is 0.516. The Morgan fingerprint density at radius 1 is 0.939 bits per heavy atom. The average Bonchev–Trinajstić information content (AvgIpc) is 3.21. The third-order valence-electron chi connectivity index (χ3n) is 6.00. The van der Waals surface area contributed by atoms with Crippen LogP contribution in [0.25, 0.3) is 10.9 Å². The molecule has 0 N–H and O–H groups in total. The lowest BCUT2D eigenvalue weighted by Crippen LogP contribution is -2.42. The highest BCUT2D eigenvalue weighted by Crippen LogP contribution is 2.24. The Hall–Kier alpha value is -3.61. The van der Waals surface area contributed by atoms with Crippen LogP contribution in [0.15, 0.2) is 60.8 Å². The molecular formula is C26H28N2O5. The van der Waals surface area contributed by atoms with Crippen molar-refractivity contribution in [1.29, 1.82) is 0 Å². The van der Waals surface area contributed by atoms with Crippen LogP contribution in [-0.4, -0.2) is 53.6 Å². The van der Waals surface area contributed by atoms with Crippen LogP contribution in [-0.2, 0) is 25.6 Å². The first-order chi connectivity index (χ1) is 16.1. The van der Waals surface area contributed by atoms with E-state index < -0.39 is 5.97 Å². The average molecular weight is 449 g/mol. The summed E-state index contributed by atoms with van der Waals surface area (Å²) >= 11 is 0. The number of benzene rings is 2. The molecule has 2 aromatic carbocycles. The number of hydrogen-bond acceptors (Lipinski definition) is 5. The van der Waals surface area contributed by atoms with Gasteiger partial charge in [-0.15, -0.1) is 0 Å². The zero-order valence-corrected chi connectivity index (χ0v) is 18.7. The number of para-hydroxylation sites is 1. The van der Waals surface area contributed by atoms with Gasteiger partial charge in [-0.25, -0.2) is 4.79 Å². The first-order valence-corrected chi connectivity index (χ1v) is 11.3. The molecule has 1 aromatic heterocycles. The minimum absolute atomic E-state index is 0.174. The molecule has 0 saturated carbocycles. The number of hydrogen-bond donors (Lipinski definition) is 0. The third-order valence-corrected chi connectivity index (χ3v) is 6.00. The first kappa shape index (κ1) is 22.6. The predicted molar refractivity (Wildman–Crippen MR) is 124 cm³/mol. The zero-order chi connectivity index (χ0) is 23.2. The second-order valence-electron chi connectivity index (χ2n) is 8.16. The van der Waals surface area contributed by atoms with Crippen molar-refractivity contribution in [2.24, 2.45) is 5.92 Å². The van der Waals surface area contributed by atoms with Crippen molar-refractivity contribution in [3.8, 4) is 0 Å². The number of carbonyl (C=O) groups is 3. The van der Waals surface area contributed by atoms with Crippen LogP contribution in [0.1, 0.15) is 35.7 Å². The molecule has 0 bridgehead atoms. The fourth-order valence-corrected chi connectivity index (χ4v) is 4.24. The monoisotopic (exact) mass is 448 g/mol. The summed E-state index contributed by atoms with van der Waals surface area (Å²) in [5.41, 5.74) is 2.50. The topological polar surface area (TPSA) is 77.8 Å². The number of rotatable bonds is 7. The van der Waals surface area contributed by atoms with Crippen LogP contribution in [0.4, 0.5) is 0 Å². The summed E-state index contributed by atoms with van der Waals surface area (Å²) in [6.45, 7) is 3.36. The van der Waals surface area contributed by atoms with Crippen molar-refractivity contribution >= 4 is 28.7 Å². The van der Waals surface area contributed by atoms with Crippen molar-refractivity contribution in [1.82, 2.24) is 9.47 Å². The van der Waals surface area contributed by atoms with Crippen molar-refractivity contribution in [2.45, 2.75) is 26.3 Å². The number of esters is 2. The van der Waals surface area contributed by atoms with Gasteiger partial charge < -0.3 is 18.9 Å². The standard InChI is InChI=1S/C26H28N2O5/c1-2-32-25(30)20-12-14-27(15-13-20)24(29)18-33-26(31)22-17-28(16-19-8-4-3-5-9-19)23-11-7-6-10-21(22)23/h3-11,17,20H,2,12-16,18H2,1H3. The normalized spacial score (nSPS) is 14.3. The highest BCUT2D eigenvalue weighted by Gasteiger charge is 2.28. The van der Waals surface area contributed by atoms with E-state index in [4.69, 9.17) is 9.47 Å². The van der Waals surface area contributed by atoms with E-state index in [2.05, 4.69) is 0 Å². The van der Waals surface area contributed by atoms with Gasteiger partial charge in [0.1, 0.15) is 0 Å². The van der Waals surface area contributed by atoms with Gasteiger partial charge in [-0.3, -0.25) is 9.59 Å². The number of ether oxygens (including phenoxy) is 2. The second kappa shape index (κ2) is 10.3. The van der Waals surface area contributed by atoms with Gasteiger partial charge in [0.2, 0.25) is 0 Å². The number of aromatic nitrogens is 1. The lowest BCUT2D eigenvalue weighted by molar-refractivity contribution is -0.151. The summed E-state index contributed by atoms with van der Waals surface area (Å²) in [6, 6.07) is 17.7. The molecular weight excluding hydrogens is 420 g/mol. The van der Waals surface area contributed by atoms with Gasteiger partial charge in [0.05, 0.1) is 18.1 Å². The maximum absolute atomic E-state index is 12.9. The molecule has 1 aliphatic rings. The van der Waals surface area contributed by atoms with Gasteiger partial charge >= 0.3 is 11.9 Å². The molecule has 4 rings (SSSR count). The van der Waals surface area contributed by atoms with Crippen LogP contribution in [0.2, 0.25) is 0 Å². The van der Waals surface area contributed by atoms with Crippen molar-refractivity contribution in [2.75, 3.05) is 26.3 Å². The van der Waals surface area contributed by atoms with Crippen LogP contribution < -0.4 is 0 Å². The Labute approximate surface area is 192 Å². The molecule has 7 heteroatoms. The zero-order valence-electron chi connectivity index (χ0n) is 18.7. The SMILES string of the molecule is CCOC(=O)C1CCN(C(=O)COC(=O)c2cn(Cc3ccccc3)c3ccccc23)CC1. The van der Waals surface area contributed by atoms with Crippen LogP contribution in [0, 0.1) is 5.92 Å². The van der Waals surface area contributed by atoms with E-state index >= 15 is 0 Å². The van der Waals surface area contributed by atoms with Crippen LogP contribution in [0.5, 0.6) is 0 Å². The van der Waals surface area contributed by atoms with E-state index in [1.165, 1.54) is 0 Å². The van der Waals surface area contributed by atoms with Crippen molar-refractivity contribution in [3.05, 3.63) is 71.9 Å². The number of piperidine rings is 1. The Morgan fingerprint density at radius 2 is 1.64 bits per heavy atom. The summed E-state index contributed by atoms with van der Waals surface area (Å²) in [5.74, 6) is -1.15. The molecule has 0 radical (unpaired) electrons. The molecule has 33 heavy (non-hydrogen) atoms. The van der Waals surface area contributed by atoms with E-state index in [9.17, 15) is 14.4 Å². The third kappa shape index (κ3) is 5.25. The Kier molecular flexibility index (Phi) is 7.07. The van der Waals surface area contributed by atoms with Gasteiger partial charge in [-0.05, 0) is 31.4 Å². The van der Waals surface area contributed by atoms with Crippen LogP contribution in [0.3, 0.4) is 0 Å². The molecule has 0 spiro atoms. The predicted octanol–water partition coefficient (Wildman–Crippen LogP) is 3.65. The molecule has 0 unspecified atom stereocenters. The van der Waals surface area contributed by atoms with Gasteiger partial charge in [-0.1, -0.05) is 48.5 Å². The van der Waals surface area contributed by atoms with Crippen molar-refractivity contribution in [3.63, 3.8) is 0 Å². The van der Waals surface area contributed by atoms with E-state index in [1.54, 1.807) is 18.0 Å². The molecule has 7 nitrogen and oxygen atoms in total. The number of nitrogens with zero attached hydrogens (tertiary/aromatic N) is 2. The summed E-state index contributed by atoms with van der Waals surface area (Å²) < 4.78 is 12.5. The summed E-state index contributed by atoms with van der Waals surface area (Å²) in [5, 5.41) is 0.793. The smallest absolute Gasteiger partial charge is 0.340 e. The molecule has 3 aromatic rings. The number of fused-ring (bicyclic) bond motifs is 1. The van der Waals surface area contributed by atoms with E-state index in [1.807, 2.05) is 59.2 Å². The van der Waals surface area contributed by atoms with Gasteiger partial charge in [0, 0.05) is 36.7 Å². The molecule has 2 heterocycles. The van der Waals surface area contributed by atoms with Crippen LogP contribution >= 0.6 is 0 Å². The van der Waals surface area contributed by atoms with Crippen molar-refractivity contribution < 1.29 is 23.9 Å². The molecule has 172 valence electrons. The minimum Gasteiger partial charge on any atom is -0.466 e. The fourth-order valence-electron chi connectivity index (χ4n) is 4.24. The molecule has 1 saturated heterocycles. The number of likely N-dealkylation sites (tertiary alicyclic amines) is 1.